The monoisotopic (exact) mass is 576 g/mol. The maximum atomic E-state index is 13.1. The number of carboxylic acids is 1. The number of halogens is 6. The van der Waals surface area contributed by atoms with E-state index in [-0.39, 0.29) is 31.1 Å². The lowest BCUT2D eigenvalue weighted by Gasteiger charge is -2.34. The van der Waals surface area contributed by atoms with Crippen LogP contribution in [0, 0.1) is 13.8 Å². The molecule has 11 heteroatoms. The number of carbonyl (C=O) groups is 1. The topological polar surface area (TPSA) is 87.0 Å². The Labute approximate surface area is 229 Å². The van der Waals surface area contributed by atoms with Crippen molar-refractivity contribution < 1.29 is 51.2 Å². The van der Waals surface area contributed by atoms with Gasteiger partial charge < -0.3 is 20.1 Å². The first-order valence-electron chi connectivity index (χ1n) is 12.7. The summed E-state index contributed by atoms with van der Waals surface area (Å²) in [5.74, 6) is -0.504. The van der Waals surface area contributed by atoms with Crippen LogP contribution in [0.5, 0.6) is 5.75 Å². The van der Waals surface area contributed by atoms with Crippen molar-refractivity contribution in [3.05, 3.63) is 70.3 Å². The van der Waals surface area contributed by atoms with Gasteiger partial charge in [0.25, 0.3) is 5.60 Å². The minimum absolute atomic E-state index is 0.0531. The Morgan fingerprint density at radius 2 is 1.45 bits per heavy atom. The van der Waals surface area contributed by atoms with Gasteiger partial charge in [-0.2, -0.15) is 26.3 Å². The Kier molecular flexibility index (Phi) is 10.5. The van der Waals surface area contributed by atoms with Crippen LogP contribution in [0.25, 0.3) is 6.08 Å². The van der Waals surface area contributed by atoms with Crippen LogP contribution in [0.2, 0.25) is 0 Å². The van der Waals surface area contributed by atoms with Gasteiger partial charge in [-0.1, -0.05) is 50.3 Å². The average molecular weight is 577 g/mol. The molecule has 0 saturated carbocycles. The van der Waals surface area contributed by atoms with Crippen LogP contribution in [-0.2, 0) is 10.2 Å². The van der Waals surface area contributed by atoms with Crippen molar-refractivity contribution in [3.63, 3.8) is 0 Å². The van der Waals surface area contributed by atoms with Crippen molar-refractivity contribution in [2.24, 2.45) is 0 Å². The van der Waals surface area contributed by atoms with Gasteiger partial charge in [0.1, 0.15) is 12.4 Å². The molecule has 0 aromatic heterocycles. The fraction of sp³-hybridized carbons (Fsp3) is 0.483. The Morgan fingerprint density at radius 1 is 0.925 bits per heavy atom. The first-order valence-corrected chi connectivity index (χ1v) is 12.7. The number of aryl methyl sites for hydroxylation is 2. The van der Waals surface area contributed by atoms with Crippen molar-refractivity contribution in [1.82, 2.24) is 0 Å². The molecule has 3 N–H and O–H groups in total. The average Bonchev–Trinajstić information content (AvgIpc) is 2.86. The zero-order valence-electron chi connectivity index (χ0n) is 22.7. The third-order valence-electron chi connectivity index (χ3n) is 7.25. The summed E-state index contributed by atoms with van der Waals surface area (Å²) in [4.78, 5) is 10.7. The molecule has 0 aliphatic heterocycles. The van der Waals surface area contributed by atoms with Crippen LogP contribution in [0.3, 0.4) is 0 Å². The summed E-state index contributed by atoms with van der Waals surface area (Å²) in [7, 11) is 0. The normalized spacial score (nSPS) is 14.0. The van der Waals surface area contributed by atoms with Gasteiger partial charge in [0.2, 0.25) is 0 Å². The molecular formula is C29H34F6O5. The summed E-state index contributed by atoms with van der Waals surface area (Å²) in [5.41, 5.74) is -2.49. The fourth-order valence-corrected chi connectivity index (χ4v) is 4.62. The van der Waals surface area contributed by atoms with Gasteiger partial charge in [0, 0.05) is 11.8 Å². The molecule has 0 aliphatic carbocycles. The van der Waals surface area contributed by atoms with Gasteiger partial charge in [-0.15, -0.1) is 0 Å². The standard InChI is InChI=1S/C29H34F6O5/c1-5-26(6-2,22-9-11-24(19(4)16-22)40-17-23(36)10-12-25(37)38)21-8-7-20(18(3)15-21)13-14-27(39,28(30,31)32)29(33,34)35/h7-9,11,13-16,23,36,39H,5-6,10,12,17H2,1-4H3,(H,37,38)/b14-13+/t23-/m1/s1. The van der Waals surface area contributed by atoms with E-state index in [2.05, 4.69) is 0 Å². The number of rotatable bonds is 12. The fourth-order valence-electron chi connectivity index (χ4n) is 4.62. The summed E-state index contributed by atoms with van der Waals surface area (Å²) in [5, 5.41) is 28.1. The molecule has 0 amide bonds. The second-order valence-corrected chi connectivity index (χ2v) is 9.83. The van der Waals surface area contributed by atoms with E-state index in [1.54, 1.807) is 25.1 Å². The van der Waals surface area contributed by atoms with E-state index >= 15 is 0 Å². The van der Waals surface area contributed by atoms with Crippen molar-refractivity contribution in [1.29, 1.82) is 0 Å². The number of hydrogen-bond acceptors (Lipinski definition) is 4. The quantitative estimate of drug-likeness (QED) is 0.240. The molecule has 2 aromatic carbocycles. The second kappa shape index (κ2) is 12.6. The number of hydrogen-bond donors (Lipinski definition) is 3. The lowest BCUT2D eigenvalue weighted by molar-refractivity contribution is -0.347. The highest BCUT2D eigenvalue weighted by atomic mass is 19.4. The molecule has 0 heterocycles. The summed E-state index contributed by atoms with van der Waals surface area (Å²) < 4.78 is 84.0. The molecule has 1 atom stereocenters. The zero-order valence-corrected chi connectivity index (χ0v) is 22.7. The van der Waals surface area contributed by atoms with Gasteiger partial charge in [-0.3, -0.25) is 4.79 Å². The molecule has 0 spiro atoms. The van der Waals surface area contributed by atoms with Crippen molar-refractivity contribution >= 4 is 12.0 Å². The van der Waals surface area contributed by atoms with Crippen LogP contribution < -0.4 is 4.74 Å². The highest BCUT2D eigenvalue weighted by Crippen LogP contribution is 2.45. The largest absolute Gasteiger partial charge is 0.491 e. The Morgan fingerprint density at radius 3 is 1.90 bits per heavy atom. The van der Waals surface area contributed by atoms with E-state index in [1.807, 2.05) is 32.9 Å². The summed E-state index contributed by atoms with van der Waals surface area (Å²) in [6, 6.07) is 10.3. The second-order valence-electron chi connectivity index (χ2n) is 9.83. The molecule has 0 radical (unpaired) electrons. The lowest BCUT2D eigenvalue weighted by atomic mass is 9.70. The highest BCUT2D eigenvalue weighted by molar-refractivity contribution is 5.66. The summed E-state index contributed by atoms with van der Waals surface area (Å²) in [6.07, 6.45) is -11.3. The molecule has 0 saturated heterocycles. The molecule has 0 bridgehead atoms. The number of aliphatic carboxylic acids is 1. The van der Waals surface area contributed by atoms with Gasteiger partial charge >= 0.3 is 18.3 Å². The van der Waals surface area contributed by atoms with Crippen LogP contribution in [0.15, 0.2) is 42.5 Å². The molecular weight excluding hydrogens is 542 g/mol. The Bertz CT molecular complexity index is 1180. The Balaban J connectivity index is 2.38. The summed E-state index contributed by atoms with van der Waals surface area (Å²) >= 11 is 0. The van der Waals surface area contributed by atoms with E-state index < -0.39 is 35.4 Å². The number of alkyl halides is 6. The number of ether oxygens (including phenoxy) is 1. The first-order chi connectivity index (χ1) is 18.4. The molecule has 222 valence electrons. The predicted octanol–water partition coefficient (Wildman–Crippen LogP) is 6.88. The van der Waals surface area contributed by atoms with Gasteiger partial charge in [0.05, 0.1) is 6.10 Å². The molecule has 2 rings (SSSR count). The maximum Gasteiger partial charge on any atom is 0.430 e. The Hall–Kier alpha value is -3.05. The zero-order chi connectivity index (χ0) is 30.5. The highest BCUT2D eigenvalue weighted by Gasteiger charge is 2.68. The molecule has 5 nitrogen and oxygen atoms in total. The molecule has 0 fully saturated rings. The lowest BCUT2D eigenvalue weighted by Crippen LogP contribution is -2.55. The third-order valence-corrected chi connectivity index (χ3v) is 7.25. The minimum atomic E-state index is -5.94. The molecule has 0 aliphatic rings. The molecule has 40 heavy (non-hydrogen) atoms. The number of aliphatic hydroxyl groups is 2. The third kappa shape index (κ3) is 7.17. The number of aliphatic hydroxyl groups excluding tert-OH is 1. The van der Waals surface area contributed by atoms with E-state index in [4.69, 9.17) is 9.84 Å². The predicted molar refractivity (Wildman–Crippen MR) is 138 cm³/mol. The van der Waals surface area contributed by atoms with Gasteiger partial charge in [-0.25, -0.2) is 0 Å². The van der Waals surface area contributed by atoms with Crippen LogP contribution in [-0.4, -0.2) is 52.0 Å². The van der Waals surface area contributed by atoms with Gasteiger partial charge in [-0.05, 0) is 73.1 Å². The van der Waals surface area contributed by atoms with E-state index in [9.17, 15) is 41.4 Å². The van der Waals surface area contributed by atoms with Gasteiger partial charge in [0.15, 0.2) is 0 Å². The van der Waals surface area contributed by atoms with E-state index in [0.717, 1.165) is 16.7 Å². The summed E-state index contributed by atoms with van der Waals surface area (Å²) in [6.45, 7) is 7.25. The maximum absolute atomic E-state index is 13.1. The smallest absolute Gasteiger partial charge is 0.430 e. The van der Waals surface area contributed by atoms with E-state index in [1.165, 1.54) is 6.07 Å². The van der Waals surface area contributed by atoms with Crippen LogP contribution >= 0.6 is 0 Å². The number of benzene rings is 2. The SMILES string of the molecule is CCC(CC)(c1ccc(/C=C/C(O)(C(F)(F)F)C(F)(F)F)c(C)c1)c1ccc(OC[C@H](O)CCC(=O)O)c(C)c1. The van der Waals surface area contributed by atoms with E-state index in [0.29, 0.717) is 30.2 Å². The van der Waals surface area contributed by atoms with Crippen molar-refractivity contribution in [2.45, 2.75) is 82.9 Å². The van der Waals surface area contributed by atoms with Crippen LogP contribution in [0.1, 0.15) is 67.3 Å². The minimum Gasteiger partial charge on any atom is -0.491 e. The first kappa shape index (κ1) is 33.2. The van der Waals surface area contributed by atoms with Crippen LogP contribution in [0.4, 0.5) is 26.3 Å². The van der Waals surface area contributed by atoms with Crippen molar-refractivity contribution in [3.8, 4) is 5.75 Å². The number of carboxylic acid groups (broad SMARTS) is 1. The molecule has 2 aromatic rings. The molecule has 0 unspecified atom stereocenters. The van der Waals surface area contributed by atoms with Crippen molar-refractivity contribution in [2.75, 3.05) is 6.61 Å².